The second kappa shape index (κ2) is 9.99. The Hall–Kier alpha value is -2.13. The molecule has 11 nitrogen and oxygen atoms in total. The summed E-state index contributed by atoms with van der Waals surface area (Å²) in [4.78, 5) is 4.19. The number of aromatic nitrogens is 2. The second-order valence-corrected chi connectivity index (χ2v) is 9.55. The molecule has 1 aromatic heterocycles. The maximum absolute atomic E-state index is 13.4. The van der Waals surface area contributed by atoms with Crippen LogP contribution in [0.5, 0.6) is 0 Å². The Morgan fingerprint density at radius 1 is 1.48 bits per heavy atom. The Morgan fingerprint density at radius 2 is 2.26 bits per heavy atom. The highest BCUT2D eigenvalue weighted by Gasteiger charge is 2.33. The van der Waals surface area contributed by atoms with Crippen molar-refractivity contribution in [2.75, 3.05) is 25.0 Å². The number of hydrogen-bond donors (Lipinski definition) is 3. The molecule has 0 amide bonds. The molecule has 0 saturated carbocycles. The van der Waals surface area contributed by atoms with Crippen molar-refractivity contribution in [3.8, 4) is 0 Å². The number of hydroxylamine groups is 1. The van der Waals surface area contributed by atoms with Gasteiger partial charge in [0.25, 0.3) is 0 Å². The van der Waals surface area contributed by atoms with Gasteiger partial charge in [-0.1, -0.05) is 0 Å². The largest absolute Gasteiger partial charge is 0.365 e. The fraction of sp³-hybridized carbons (Fsp3) is 0.471. The van der Waals surface area contributed by atoms with E-state index in [4.69, 9.17) is 8.81 Å². The van der Waals surface area contributed by atoms with Crippen molar-refractivity contribution >= 4 is 43.6 Å². The van der Waals surface area contributed by atoms with Crippen LogP contribution < -0.4 is 10.8 Å². The monoisotopic (exact) mass is 520 g/mol. The molecule has 0 unspecified atom stereocenters. The zero-order chi connectivity index (χ0) is 22.6. The first-order valence-corrected chi connectivity index (χ1v) is 11.5. The molecule has 0 radical (unpaired) electrons. The first kappa shape index (κ1) is 23.5. The molecule has 3 N–H and O–H groups in total. The average Bonchev–Trinajstić information content (AvgIpc) is 3.36. The third-order valence-electron chi connectivity index (χ3n) is 4.40. The van der Waals surface area contributed by atoms with Crippen molar-refractivity contribution in [2.45, 2.75) is 26.4 Å². The molecule has 0 bridgehead atoms. The van der Waals surface area contributed by atoms with E-state index in [9.17, 15) is 18.0 Å². The summed E-state index contributed by atoms with van der Waals surface area (Å²) in [7, 11) is -3.76. The van der Waals surface area contributed by atoms with Gasteiger partial charge in [-0.05, 0) is 70.6 Å². The first-order valence-electron chi connectivity index (χ1n) is 9.38. The van der Waals surface area contributed by atoms with Gasteiger partial charge >= 0.3 is 10.3 Å². The summed E-state index contributed by atoms with van der Waals surface area (Å²) in [6, 6.07) is 4.08. The van der Waals surface area contributed by atoms with Crippen LogP contribution in [0.1, 0.15) is 26.0 Å². The lowest BCUT2D eigenvalue weighted by Gasteiger charge is -2.17. The van der Waals surface area contributed by atoms with Gasteiger partial charge in [0.15, 0.2) is 11.5 Å². The van der Waals surface area contributed by atoms with Crippen molar-refractivity contribution in [2.24, 2.45) is 10.9 Å². The Balaban J connectivity index is 1.66. The second-order valence-electron chi connectivity index (χ2n) is 7.13. The van der Waals surface area contributed by atoms with E-state index >= 15 is 0 Å². The van der Waals surface area contributed by atoms with Crippen molar-refractivity contribution in [3.05, 3.63) is 34.2 Å². The van der Waals surface area contributed by atoms with E-state index in [0.29, 0.717) is 31.7 Å². The predicted octanol–water partition coefficient (Wildman–Crippen LogP) is 2.43. The van der Waals surface area contributed by atoms with Gasteiger partial charge in [0.05, 0.1) is 16.3 Å². The lowest BCUT2D eigenvalue weighted by Crippen LogP contribution is -2.33. The molecule has 0 aliphatic carbocycles. The van der Waals surface area contributed by atoms with E-state index in [2.05, 4.69) is 36.6 Å². The van der Waals surface area contributed by atoms with Crippen molar-refractivity contribution < 1.29 is 26.8 Å². The van der Waals surface area contributed by atoms with Crippen LogP contribution in [0.2, 0.25) is 0 Å². The molecule has 1 aromatic carbocycles. The Morgan fingerprint density at radius 3 is 2.94 bits per heavy atom. The van der Waals surface area contributed by atoms with Gasteiger partial charge in [-0.25, -0.2) is 14.0 Å². The molecule has 3 rings (SSSR count). The fourth-order valence-electron chi connectivity index (χ4n) is 2.99. The number of amidine groups is 1. The van der Waals surface area contributed by atoms with E-state index in [1.165, 1.54) is 22.5 Å². The van der Waals surface area contributed by atoms with Crippen LogP contribution in [-0.4, -0.2) is 59.8 Å². The Kier molecular flexibility index (Phi) is 7.59. The molecular weight excluding hydrogens is 499 g/mol. The Labute approximate surface area is 187 Å². The first-order chi connectivity index (χ1) is 14.7. The van der Waals surface area contributed by atoms with Crippen molar-refractivity contribution in [3.63, 3.8) is 0 Å². The van der Waals surface area contributed by atoms with Gasteiger partial charge < -0.3 is 5.32 Å². The molecule has 2 aromatic rings. The lowest BCUT2D eigenvalue weighted by molar-refractivity contribution is 0.221. The van der Waals surface area contributed by atoms with E-state index in [1.54, 1.807) is 13.8 Å². The normalized spacial score (nSPS) is 18.0. The molecule has 1 aliphatic rings. The minimum absolute atomic E-state index is 0.00520. The number of nitrogens with one attached hydrogen (secondary N) is 2. The highest BCUT2D eigenvalue weighted by atomic mass is 79.9. The molecule has 31 heavy (non-hydrogen) atoms. The molecule has 1 atom stereocenters. The summed E-state index contributed by atoms with van der Waals surface area (Å²) in [5, 5.41) is 20.0. The average molecular weight is 521 g/mol. The maximum Gasteiger partial charge on any atom is 0.338 e. The van der Waals surface area contributed by atoms with E-state index in [0.717, 1.165) is 0 Å². The number of benzene rings is 1. The van der Waals surface area contributed by atoms with Gasteiger partial charge in [-0.15, -0.1) is 0 Å². The lowest BCUT2D eigenvalue weighted by atomic mass is 10.1. The quantitative estimate of drug-likeness (QED) is 0.271. The van der Waals surface area contributed by atoms with Crippen molar-refractivity contribution in [1.82, 2.24) is 20.1 Å². The third kappa shape index (κ3) is 5.98. The van der Waals surface area contributed by atoms with E-state index in [1.807, 2.05) is 5.48 Å². The Bertz CT molecular complexity index is 1050. The summed E-state index contributed by atoms with van der Waals surface area (Å²) in [5.74, 6) is -0.301. The van der Waals surface area contributed by atoms with Crippen LogP contribution >= 0.6 is 15.9 Å². The molecule has 1 fully saturated rings. The number of nitrogens with zero attached hydrogens (tertiary/aromatic N) is 4. The molecule has 2 heterocycles. The van der Waals surface area contributed by atoms with Gasteiger partial charge in [0.2, 0.25) is 5.82 Å². The van der Waals surface area contributed by atoms with Crippen LogP contribution in [0.15, 0.2) is 32.3 Å². The molecule has 170 valence electrons. The summed E-state index contributed by atoms with van der Waals surface area (Å²) >= 11 is 3.07. The van der Waals surface area contributed by atoms with Gasteiger partial charge in [0.1, 0.15) is 5.82 Å². The van der Waals surface area contributed by atoms with Gasteiger partial charge in [0, 0.05) is 19.6 Å². The SMILES string of the molecule is CC(C)OS(=O)(=O)N1CC[C@@H](CNc2nonc2C(=Nc2ccc(F)c(Br)c2)NO)C1. The summed E-state index contributed by atoms with van der Waals surface area (Å²) < 4.78 is 49.1. The number of halogens is 2. The molecule has 0 spiro atoms. The van der Waals surface area contributed by atoms with Crippen LogP contribution in [0.25, 0.3) is 0 Å². The van der Waals surface area contributed by atoms with Crippen LogP contribution in [0.4, 0.5) is 15.9 Å². The number of aliphatic imine (C=N–C) groups is 1. The maximum atomic E-state index is 13.4. The molecule has 14 heteroatoms. The zero-order valence-corrected chi connectivity index (χ0v) is 19.2. The minimum atomic E-state index is -3.76. The summed E-state index contributed by atoms with van der Waals surface area (Å²) in [5.41, 5.74) is 2.39. The smallest absolute Gasteiger partial charge is 0.338 e. The summed E-state index contributed by atoms with van der Waals surface area (Å²) in [6.07, 6.45) is 0.202. The number of anilines is 1. The number of rotatable bonds is 8. The third-order valence-corrected chi connectivity index (χ3v) is 6.60. The standard InChI is InChI=1S/C17H22BrFN6O5S/c1-10(2)29-31(27,28)25-6-5-11(9-25)8-20-16-15(23-30-24-16)17(22-26)21-12-3-4-14(19)13(18)7-12/h3-4,7,10-11,26H,5-6,8-9H2,1-2H3,(H,20,24)(H,21,22)/t11-/m0/s1. The molecule has 1 saturated heterocycles. The molecule has 1 aliphatic heterocycles. The van der Waals surface area contributed by atoms with Gasteiger partial charge in [-0.2, -0.15) is 12.7 Å². The molecular formula is C17H22BrFN6O5S. The van der Waals surface area contributed by atoms with Crippen LogP contribution in [0.3, 0.4) is 0 Å². The van der Waals surface area contributed by atoms with Gasteiger partial charge in [-0.3, -0.25) is 14.9 Å². The van der Waals surface area contributed by atoms with Crippen LogP contribution in [-0.2, 0) is 14.5 Å². The van der Waals surface area contributed by atoms with Crippen LogP contribution in [0, 0.1) is 11.7 Å². The predicted molar refractivity (Wildman–Crippen MR) is 113 cm³/mol. The summed E-state index contributed by atoms with van der Waals surface area (Å²) in [6.45, 7) is 4.35. The fourth-order valence-corrected chi connectivity index (χ4v) is 4.68. The zero-order valence-electron chi connectivity index (χ0n) is 16.7. The highest BCUT2D eigenvalue weighted by molar-refractivity contribution is 9.10. The minimum Gasteiger partial charge on any atom is -0.365 e. The van der Waals surface area contributed by atoms with E-state index < -0.39 is 22.2 Å². The van der Waals surface area contributed by atoms with Crippen molar-refractivity contribution in [1.29, 1.82) is 0 Å². The topological polar surface area (TPSA) is 142 Å². The highest BCUT2D eigenvalue weighted by Crippen LogP contribution is 2.24. The number of hydrogen-bond acceptors (Lipinski definition) is 9. The van der Waals surface area contributed by atoms with E-state index in [-0.39, 0.29) is 27.7 Å².